The van der Waals surface area contributed by atoms with E-state index in [9.17, 15) is 5.11 Å². The second-order valence-electron chi connectivity index (χ2n) is 5.47. The summed E-state index contributed by atoms with van der Waals surface area (Å²) < 4.78 is 1.51. The fourth-order valence-corrected chi connectivity index (χ4v) is 4.11. The van der Waals surface area contributed by atoms with Crippen molar-refractivity contribution < 1.29 is 5.11 Å². The van der Waals surface area contributed by atoms with Crippen LogP contribution in [-0.2, 0) is 6.54 Å². The number of phenolic OH excluding ortho intramolecular Hbond substituents is 1. The monoisotopic (exact) mass is 389 g/mol. The summed E-state index contributed by atoms with van der Waals surface area (Å²) in [5.74, 6) is 0.279. The van der Waals surface area contributed by atoms with Crippen LogP contribution in [-0.4, -0.2) is 23.1 Å². The minimum absolute atomic E-state index is 0.279. The quantitative estimate of drug-likeness (QED) is 0.728. The molecule has 1 aromatic rings. The third-order valence-corrected chi connectivity index (χ3v) is 5.17. The molecule has 106 valence electrons. The van der Waals surface area contributed by atoms with Gasteiger partial charge in [-0.2, -0.15) is 0 Å². The molecule has 2 rings (SSSR count). The third kappa shape index (κ3) is 4.20. The van der Waals surface area contributed by atoms with E-state index in [2.05, 4.69) is 43.8 Å². The Hall–Kier alpha value is -0.0600. The van der Waals surface area contributed by atoms with E-state index in [1.807, 2.05) is 12.1 Å². The van der Waals surface area contributed by atoms with Crippen LogP contribution < -0.4 is 0 Å². The van der Waals surface area contributed by atoms with Gasteiger partial charge in [0.15, 0.2) is 0 Å². The highest BCUT2D eigenvalue weighted by molar-refractivity contribution is 9.11. The molecule has 0 radical (unpaired) electrons. The van der Waals surface area contributed by atoms with Crippen molar-refractivity contribution in [2.75, 3.05) is 7.05 Å². The van der Waals surface area contributed by atoms with Gasteiger partial charge in [-0.3, -0.25) is 4.90 Å². The van der Waals surface area contributed by atoms with Gasteiger partial charge < -0.3 is 5.11 Å². The van der Waals surface area contributed by atoms with Crippen molar-refractivity contribution in [3.8, 4) is 5.75 Å². The van der Waals surface area contributed by atoms with Gasteiger partial charge in [-0.1, -0.05) is 25.7 Å². The molecule has 0 aromatic heterocycles. The van der Waals surface area contributed by atoms with Crippen molar-refractivity contribution in [3.63, 3.8) is 0 Å². The molecule has 1 fully saturated rings. The Morgan fingerprint density at radius 3 is 2.16 bits per heavy atom. The van der Waals surface area contributed by atoms with Crippen LogP contribution >= 0.6 is 31.9 Å². The van der Waals surface area contributed by atoms with Crippen LogP contribution in [0.15, 0.2) is 21.1 Å². The molecule has 0 saturated heterocycles. The molecule has 19 heavy (non-hydrogen) atoms. The van der Waals surface area contributed by atoms with Gasteiger partial charge in [0.2, 0.25) is 0 Å². The highest BCUT2D eigenvalue weighted by Gasteiger charge is 2.17. The zero-order valence-corrected chi connectivity index (χ0v) is 14.5. The van der Waals surface area contributed by atoms with Gasteiger partial charge >= 0.3 is 0 Å². The Morgan fingerprint density at radius 2 is 1.63 bits per heavy atom. The number of phenols is 1. The largest absolute Gasteiger partial charge is 0.506 e. The van der Waals surface area contributed by atoms with E-state index >= 15 is 0 Å². The number of rotatable bonds is 3. The summed E-state index contributed by atoms with van der Waals surface area (Å²) in [5.41, 5.74) is 1.23. The van der Waals surface area contributed by atoms with Gasteiger partial charge in [0.25, 0.3) is 0 Å². The Balaban J connectivity index is 2.03. The first-order chi connectivity index (χ1) is 9.08. The van der Waals surface area contributed by atoms with Gasteiger partial charge in [-0.05, 0) is 69.4 Å². The maximum Gasteiger partial charge on any atom is 0.143 e. The summed E-state index contributed by atoms with van der Waals surface area (Å²) in [6, 6.07) is 4.72. The first-order valence-electron chi connectivity index (χ1n) is 6.95. The Morgan fingerprint density at radius 1 is 1.11 bits per heavy atom. The zero-order valence-electron chi connectivity index (χ0n) is 11.3. The lowest BCUT2D eigenvalue weighted by Crippen LogP contribution is -2.30. The standard InChI is InChI=1S/C15H21Br2NO/c1-18(12-6-4-2-3-5-7-12)10-11-8-13(16)15(19)14(17)9-11/h8-9,12,19H,2-7,10H2,1H3. The lowest BCUT2D eigenvalue weighted by Gasteiger charge is -2.27. The van der Waals surface area contributed by atoms with Crippen molar-refractivity contribution in [1.82, 2.24) is 4.90 Å². The van der Waals surface area contributed by atoms with E-state index in [1.54, 1.807) is 0 Å². The van der Waals surface area contributed by atoms with E-state index < -0.39 is 0 Å². The normalized spacial score (nSPS) is 17.7. The van der Waals surface area contributed by atoms with Crippen LogP contribution in [0.5, 0.6) is 5.75 Å². The molecule has 0 amide bonds. The van der Waals surface area contributed by atoms with Crippen LogP contribution in [0.3, 0.4) is 0 Å². The van der Waals surface area contributed by atoms with Crippen molar-refractivity contribution >= 4 is 31.9 Å². The summed E-state index contributed by atoms with van der Waals surface area (Å²) in [6.07, 6.45) is 8.13. The highest BCUT2D eigenvalue weighted by atomic mass is 79.9. The topological polar surface area (TPSA) is 23.5 Å². The van der Waals surface area contributed by atoms with E-state index in [1.165, 1.54) is 44.1 Å². The number of hydrogen-bond acceptors (Lipinski definition) is 2. The van der Waals surface area contributed by atoms with Crippen LogP contribution in [0, 0.1) is 0 Å². The smallest absolute Gasteiger partial charge is 0.143 e. The number of halogens is 2. The number of aromatic hydroxyl groups is 1. The molecule has 2 nitrogen and oxygen atoms in total. The average Bonchev–Trinajstić information content (AvgIpc) is 2.64. The van der Waals surface area contributed by atoms with Gasteiger partial charge in [0.1, 0.15) is 5.75 Å². The van der Waals surface area contributed by atoms with Crippen molar-refractivity contribution in [3.05, 3.63) is 26.6 Å². The molecular formula is C15H21Br2NO. The molecule has 1 aliphatic rings. The second kappa shape index (κ2) is 7.09. The van der Waals surface area contributed by atoms with E-state index in [4.69, 9.17) is 0 Å². The molecule has 1 aliphatic carbocycles. The van der Waals surface area contributed by atoms with Crippen LogP contribution in [0.1, 0.15) is 44.1 Å². The van der Waals surface area contributed by atoms with E-state index in [-0.39, 0.29) is 5.75 Å². The molecule has 0 unspecified atom stereocenters. The lowest BCUT2D eigenvalue weighted by molar-refractivity contribution is 0.213. The summed E-state index contributed by atoms with van der Waals surface area (Å²) in [7, 11) is 2.21. The maximum atomic E-state index is 9.74. The second-order valence-corrected chi connectivity index (χ2v) is 7.18. The van der Waals surface area contributed by atoms with Crippen molar-refractivity contribution in [2.45, 2.75) is 51.1 Å². The molecular weight excluding hydrogens is 370 g/mol. The fourth-order valence-electron chi connectivity index (χ4n) is 2.82. The molecule has 1 N–H and O–H groups in total. The number of nitrogens with zero attached hydrogens (tertiary/aromatic N) is 1. The van der Waals surface area contributed by atoms with E-state index in [0.717, 1.165) is 15.5 Å². The van der Waals surface area contributed by atoms with E-state index in [0.29, 0.717) is 6.04 Å². The zero-order chi connectivity index (χ0) is 13.8. The van der Waals surface area contributed by atoms with Crippen LogP contribution in [0.4, 0.5) is 0 Å². The molecule has 0 bridgehead atoms. The Bertz CT molecular complexity index is 405. The molecule has 0 heterocycles. The van der Waals surface area contributed by atoms with Crippen LogP contribution in [0.25, 0.3) is 0 Å². The maximum absolute atomic E-state index is 9.74. The SMILES string of the molecule is CN(Cc1cc(Br)c(O)c(Br)c1)C1CCCCCC1. The van der Waals surface area contributed by atoms with Crippen LogP contribution in [0.2, 0.25) is 0 Å². The minimum Gasteiger partial charge on any atom is -0.506 e. The Kier molecular flexibility index (Phi) is 5.72. The van der Waals surface area contributed by atoms with Gasteiger partial charge in [0.05, 0.1) is 8.95 Å². The Labute approximate surface area is 132 Å². The number of hydrogen-bond donors (Lipinski definition) is 1. The first-order valence-corrected chi connectivity index (χ1v) is 8.53. The molecule has 0 aliphatic heterocycles. The third-order valence-electron chi connectivity index (χ3n) is 3.96. The number of benzene rings is 1. The minimum atomic E-state index is 0.279. The predicted molar refractivity (Wildman–Crippen MR) is 86.5 cm³/mol. The molecule has 4 heteroatoms. The summed E-state index contributed by atoms with van der Waals surface area (Å²) in [6.45, 7) is 0.933. The molecule has 0 spiro atoms. The van der Waals surface area contributed by atoms with Gasteiger partial charge in [0, 0.05) is 12.6 Å². The summed E-state index contributed by atoms with van der Waals surface area (Å²) in [4.78, 5) is 2.45. The highest BCUT2D eigenvalue weighted by Crippen LogP contribution is 2.34. The molecule has 1 aromatic carbocycles. The van der Waals surface area contributed by atoms with Crippen molar-refractivity contribution in [2.24, 2.45) is 0 Å². The first kappa shape index (κ1) is 15.3. The average molecular weight is 391 g/mol. The lowest BCUT2D eigenvalue weighted by atomic mass is 10.1. The van der Waals surface area contributed by atoms with Gasteiger partial charge in [-0.15, -0.1) is 0 Å². The molecule has 1 saturated carbocycles. The summed E-state index contributed by atoms with van der Waals surface area (Å²) >= 11 is 6.79. The van der Waals surface area contributed by atoms with Crippen molar-refractivity contribution in [1.29, 1.82) is 0 Å². The fraction of sp³-hybridized carbons (Fsp3) is 0.600. The predicted octanol–water partition coefficient (Wildman–Crippen LogP) is 5.07. The molecule has 0 atom stereocenters. The summed E-state index contributed by atoms with van der Waals surface area (Å²) in [5, 5.41) is 9.74. The van der Waals surface area contributed by atoms with Gasteiger partial charge in [-0.25, -0.2) is 0 Å².